The lowest BCUT2D eigenvalue weighted by Crippen LogP contribution is -2.23. The molecule has 0 bridgehead atoms. The second-order valence-corrected chi connectivity index (χ2v) is 6.69. The molecule has 1 amide bonds. The van der Waals surface area contributed by atoms with Crippen molar-refractivity contribution in [1.82, 2.24) is 14.9 Å². The average Bonchev–Trinajstić information content (AvgIpc) is 3.38. The Balaban J connectivity index is 1.38. The van der Waals surface area contributed by atoms with Crippen LogP contribution in [0.15, 0.2) is 66.3 Å². The van der Waals surface area contributed by atoms with E-state index in [1.54, 1.807) is 41.2 Å². The van der Waals surface area contributed by atoms with Gasteiger partial charge in [-0.2, -0.15) is 5.10 Å². The van der Waals surface area contributed by atoms with Crippen molar-refractivity contribution in [3.63, 3.8) is 0 Å². The molecule has 0 atom stereocenters. The van der Waals surface area contributed by atoms with Crippen molar-refractivity contribution >= 4 is 17.3 Å². The van der Waals surface area contributed by atoms with E-state index in [4.69, 9.17) is 0 Å². The molecular weight excluding hydrogens is 357 g/mol. The third-order valence-corrected chi connectivity index (χ3v) is 4.65. The fourth-order valence-corrected chi connectivity index (χ4v) is 3.10. The van der Waals surface area contributed by atoms with Gasteiger partial charge in [0.05, 0.1) is 17.7 Å². The molecule has 1 aliphatic rings. The van der Waals surface area contributed by atoms with Crippen LogP contribution in [0.5, 0.6) is 0 Å². The molecule has 28 heavy (non-hydrogen) atoms. The number of carbonyl (C=O) groups is 1. The predicted molar refractivity (Wildman–Crippen MR) is 106 cm³/mol. The number of hydrogen-bond donors (Lipinski definition) is 1. The third kappa shape index (κ3) is 3.78. The molecule has 2 aromatic carbocycles. The molecule has 0 fully saturated rings. The number of anilines is 1. The number of amides is 1. The second-order valence-electron chi connectivity index (χ2n) is 6.69. The number of aromatic nitrogens is 2. The Kier molecular flexibility index (Phi) is 4.89. The zero-order valence-corrected chi connectivity index (χ0v) is 15.5. The summed E-state index contributed by atoms with van der Waals surface area (Å²) in [6.45, 7) is 3.11. The summed E-state index contributed by atoms with van der Waals surface area (Å²) in [5, 5.41) is 9.21. The lowest BCUT2D eigenvalue weighted by atomic mass is 10.1. The highest BCUT2D eigenvalue weighted by molar-refractivity contribution is 5.94. The maximum Gasteiger partial charge on any atom is 0.251 e. The van der Waals surface area contributed by atoms with Crippen molar-refractivity contribution < 1.29 is 9.18 Å². The van der Waals surface area contributed by atoms with Gasteiger partial charge >= 0.3 is 0 Å². The molecule has 4 rings (SSSR count). The molecule has 1 aliphatic heterocycles. The van der Waals surface area contributed by atoms with Crippen molar-refractivity contribution in [3.8, 4) is 5.69 Å². The molecule has 0 saturated heterocycles. The highest BCUT2D eigenvalue weighted by Crippen LogP contribution is 2.20. The van der Waals surface area contributed by atoms with Crippen LogP contribution in [0.1, 0.15) is 29.3 Å². The van der Waals surface area contributed by atoms with E-state index in [1.807, 2.05) is 24.1 Å². The van der Waals surface area contributed by atoms with E-state index in [-0.39, 0.29) is 18.3 Å². The SMILES string of the molecule is CC1=NN(c2ccc(C(=O)NCc3ccc(-n4ccnc4)c(F)c3)cc2)CC1. The molecule has 2 heterocycles. The normalized spacial score (nSPS) is 13.5. The van der Waals surface area contributed by atoms with Crippen LogP contribution in [0, 0.1) is 5.82 Å². The maximum absolute atomic E-state index is 14.3. The van der Waals surface area contributed by atoms with Gasteiger partial charge in [0, 0.05) is 43.2 Å². The van der Waals surface area contributed by atoms with Crippen LogP contribution >= 0.6 is 0 Å². The van der Waals surface area contributed by atoms with E-state index in [9.17, 15) is 9.18 Å². The summed E-state index contributed by atoms with van der Waals surface area (Å²) in [5.41, 5.74) is 3.73. The lowest BCUT2D eigenvalue weighted by molar-refractivity contribution is 0.0951. The molecule has 1 aromatic heterocycles. The van der Waals surface area contributed by atoms with E-state index in [1.165, 1.54) is 12.4 Å². The Morgan fingerprint density at radius 1 is 1.21 bits per heavy atom. The number of rotatable bonds is 5. The molecule has 0 spiro atoms. The Morgan fingerprint density at radius 2 is 2.04 bits per heavy atom. The van der Waals surface area contributed by atoms with Crippen LogP contribution in [0.4, 0.5) is 10.1 Å². The second kappa shape index (κ2) is 7.64. The average molecular weight is 377 g/mol. The number of nitrogens with one attached hydrogen (secondary N) is 1. The van der Waals surface area contributed by atoms with Gasteiger partial charge in [-0.05, 0) is 48.9 Å². The van der Waals surface area contributed by atoms with Gasteiger partial charge in [-0.15, -0.1) is 0 Å². The minimum Gasteiger partial charge on any atom is -0.348 e. The molecule has 3 aromatic rings. The Labute approximate surface area is 162 Å². The maximum atomic E-state index is 14.3. The molecule has 0 radical (unpaired) electrons. The molecule has 6 nitrogen and oxygen atoms in total. The van der Waals surface area contributed by atoms with E-state index in [2.05, 4.69) is 15.4 Å². The first-order valence-electron chi connectivity index (χ1n) is 9.07. The smallest absolute Gasteiger partial charge is 0.251 e. The lowest BCUT2D eigenvalue weighted by Gasteiger charge is -2.14. The van der Waals surface area contributed by atoms with Gasteiger partial charge < -0.3 is 9.88 Å². The number of hydrogen-bond acceptors (Lipinski definition) is 4. The van der Waals surface area contributed by atoms with Crippen LogP contribution in [0.2, 0.25) is 0 Å². The monoisotopic (exact) mass is 377 g/mol. The summed E-state index contributed by atoms with van der Waals surface area (Å²) in [7, 11) is 0. The van der Waals surface area contributed by atoms with Gasteiger partial charge in [-0.1, -0.05) is 6.07 Å². The van der Waals surface area contributed by atoms with Gasteiger partial charge in [-0.25, -0.2) is 9.37 Å². The summed E-state index contributed by atoms with van der Waals surface area (Å²) >= 11 is 0. The van der Waals surface area contributed by atoms with Crippen molar-refractivity contribution in [3.05, 3.63) is 78.1 Å². The number of hydrazone groups is 1. The zero-order valence-electron chi connectivity index (χ0n) is 15.5. The summed E-state index contributed by atoms with van der Waals surface area (Å²) in [5.74, 6) is -0.567. The van der Waals surface area contributed by atoms with E-state index < -0.39 is 0 Å². The molecule has 0 aliphatic carbocycles. The van der Waals surface area contributed by atoms with Crippen molar-refractivity contribution in [2.75, 3.05) is 11.6 Å². The van der Waals surface area contributed by atoms with Gasteiger partial charge in [0.2, 0.25) is 0 Å². The van der Waals surface area contributed by atoms with Crippen molar-refractivity contribution in [2.45, 2.75) is 19.9 Å². The Bertz CT molecular complexity index is 1010. The Morgan fingerprint density at radius 3 is 2.68 bits per heavy atom. The number of carbonyl (C=O) groups excluding carboxylic acids is 1. The standard InChI is InChI=1S/C21H20FN5O/c1-15-8-10-27(25-15)18-5-3-17(4-6-18)21(28)24-13-16-2-7-20(19(22)12-16)26-11-9-23-14-26/h2-7,9,11-12,14H,8,10,13H2,1H3,(H,24,28). The van der Waals surface area contributed by atoms with Gasteiger partial charge in [0.1, 0.15) is 5.82 Å². The Hall–Kier alpha value is -3.48. The van der Waals surface area contributed by atoms with Gasteiger partial charge in [0.15, 0.2) is 0 Å². The molecule has 0 unspecified atom stereocenters. The first kappa shape index (κ1) is 17.9. The van der Waals surface area contributed by atoms with Crippen LogP contribution < -0.4 is 10.3 Å². The molecule has 1 N–H and O–H groups in total. The number of benzene rings is 2. The quantitative estimate of drug-likeness (QED) is 0.740. The topological polar surface area (TPSA) is 62.5 Å². The van der Waals surface area contributed by atoms with Gasteiger partial charge in [0.25, 0.3) is 5.91 Å². The minimum absolute atomic E-state index is 0.202. The summed E-state index contributed by atoms with van der Waals surface area (Å²) in [6, 6.07) is 12.2. The van der Waals surface area contributed by atoms with E-state index in [0.29, 0.717) is 16.8 Å². The van der Waals surface area contributed by atoms with Crippen LogP contribution in [0.25, 0.3) is 5.69 Å². The summed E-state index contributed by atoms with van der Waals surface area (Å²) in [4.78, 5) is 16.3. The fourth-order valence-electron chi connectivity index (χ4n) is 3.10. The van der Waals surface area contributed by atoms with Crippen LogP contribution in [-0.2, 0) is 6.54 Å². The van der Waals surface area contributed by atoms with E-state index >= 15 is 0 Å². The zero-order chi connectivity index (χ0) is 19.5. The molecule has 142 valence electrons. The van der Waals surface area contributed by atoms with Gasteiger partial charge in [-0.3, -0.25) is 9.80 Å². The number of nitrogens with zero attached hydrogens (tertiary/aromatic N) is 4. The first-order valence-corrected chi connectivity index (χ1v) is 9.07. The van der Waals surface area contributed by atoms with Crippen molar-refractivity contribution in [1.29, 1.82) is 0 Å². The fraction of sp³-hybridized carbons (Fsp3) is 0.190. The highest BCUT2D eigenvalue weighted by Gasteiger charge is 2.14. The predicted octanol–water partition coefficient (Wildman–Crippen LogP) is 3.53. The van der Waals surface area contributed by atoms with Crippen LogP contribution in [-0.4, -0.2) is 27.7 Å². The largest absolute Gasteiger partial charge is 0.348 e. The molecule has 7 heteroatoms. The van der Waals surface area contributed by atoms with Crippen LogP contribution in [0.3, 0.4) is 0 Å². The highest BCUT2D eigenvalue weighted by atomic mass is 19.1. The molecule has 0 saturated carbocycles. The third-order valence-electron chi connectivity index (χ3n) is 4.65. The minimum atomic E-state index is -0.365. The number of halogens is 1. The summed E-state index contributed by atoms with van der Waals surface area (Å²) in [6.07, 6.45) is 5.77. The first-order chi connectivity index (χ1) is 13.6. The van der Waals surface area contributed by atoms with Crippen molar-refractivity contribution in [2.24, 2.45) is 5.10 Å². The van der Waals surface area contributed by atoms with E-state index in [0.717, 1.165) is 24.4 Å². The molecular formula is C21H20FN5O. The number of imidazole rings is 1. The summed E-state index contributed by atoms with van der Waals surface area (Å²) < 4.78 is 15.9.